The largest absolute Gasteiger partial charge is 0.466 e. The van der Waals surface area contributed by atoms with Crippen LogP contribution < -0.4 is 0 Å². The number of nitrogens with zero attached hydrogens (tertiary/aromatic N) is 1. The fraction of sp³-hybridized carbons (Fsp3) is 0.227. The highest BCUT2D eigenvalue weighted by Gasteiger charge is 2.19. The van der Waals surface area contributed by atoms with Crippen molar-refractivity contribution < 1.29 is 19.1 Å². The van der Waals surface area contributed by atoms with E-state index in [2.05, 4.69) is 0 Å². The number of unbranched alkanes of at least 4 members (excludes halogenated alkanes) is 1. The van der Waals surface area contributed by atoms with Gasteiger partial charge in [0, 0.05) is 12.5 Å². The third-order valence-electron chi connectivity index (χ3n) is 3.77. The molecule has 0 bridgehead atoms. The molecule has 0 radical (unpaired) electrons. The lowest BCUT2D eigenvalue weighted by Gasteiger charge is -2.12. The van der Waals surface area contributed by atoms with Crippen molar-refractivity contribution in [1.29, 1.82) is 5.26 Å². The predicted molar refractivity (Wildman–Crippen MR) is 101 cm³/mol. The molecular formula is C22H21NO4. The van der Waals surface area contributed by atoms with Crippen molar-refractivity contribution in [2.75, 3.05) is 13.2 Å². The molecule has 0 aliphatic heterocycles. The van der Waals surface area contributed by atoms with Crippen LogP contribution in [0.15, 0.2) is 66.2 Å². The van der Waals surface area contributed by atoms with Crippen LogP contribution >= 0.6 is 0 Å². The molecule has 0 N–H and O–H groups in total. The minimum atomic E-state index is -0.660. The molecule has 0 aliphatic carbocycles. The highest BCUT2D eigenvalue weighted by Crippen LogP contribution is 2.27. The highest BCUT2D eigenvalue weighted by molar-refractivity contribution is 6.05. The van der Waals surface area contributed by atoms with Crippen LogP contribution in [0.1, 0.15) is 30.9 Å². The number of benzene rings is 2. The third-order valence-corrected chi connectivity index (χ3v) is 3.77. The first-order valence-electron chi connectivity index (χ1n) is 8.69. The van der Waals surface area contributed by atoms with E-state index in [1.165, 1.54) is 6.92 Å². The van der Waals surface area contributed by atoms with Crippen molar-refractivity contribution in [2.24, 2.45) is 0 Å². The van der Waals surface area contributed by atoms with Gasteiger partial charge in [-0.3, -0.25) is 4.79 Å². The normalized spacial score (nSPS) is 9.78. The van der Waals surface area contributed by atoms with Gasteiger partial charge in [-0.05, 0) is 24.0 Å². The maximum atomic E-state index is 12.5. The average Bonchev–Trinajstić information content (AvgIpc) is 2.69. The summed E-state index contributed by atoms with van der Waals surface area (Å²) < 4.78 is 10.1. The standard InChI is InChI=1S/C22H21NO4/c1-17(24)26-14-8-9-15-27-22(25)20(16-23)21(18-10-4-2-5-11-18)19-12-6-3-7-13-19/h2-7,10-13H,8-9,14-15H2,1H3. The Morgan fingerprint density at radius 2 is 1.33 bits per heavy atom. The molecular weight excluding hydrogens is 342 g/mol. The third kappa shape index (κ3) is 6.12. The Kier molecular flexibility index (Phi) is 7.80. The van der Waals surface area contributed by atoms with Gasteiger partial charge in [0.15, 0.2) is 0 Å². The SMILES string of the molecule is CC(=O)OCCCCOC(=O)C(C#N)=C(c1ccccc1)c1ccccc1. The molecule has 0 saturated heterocycles. The maximum absolute atomic E-state index is 12.5. The first-order valence-corrected chi connectivity index (χ1v) is 8.69. The monoisotopic (exact) mass is 363 g/mol. The van der Waals surface area contributed by atoms with Crippen LogP contribution in [0, 0.1) is 11.3 Å². The second-order valence-corrected chi connectivity index (χ2v) is 5.78. The molecule has 0 unspecified atom stereocenters. The van der Waals surface area contributed by atoms with E-state index in [-0.39, 0.29) is 24.8 Å². The van der Waals surface area contributed by atoms with Crippen LogP contribution in [0.5, 0.6) is 0 Å². The van der Waals surface area contributed by atoms with Gasteiger partial charge in [-0.1, -0.05) is 60.7 Å². The molecule has 0 spiro atoms. The minimum Gasteiger partial charge on any atom is -0.466 e. The molecule has 0 atom stereocenters. The first-order chi connectivity index (χ1) is 13.1. The molecule has 5 nitrogen and oxygen atoms in total. The zero-order valence-electron chi connectivity index (χ0n) is 15.2. The Morgan fingerprint density at radius 1 is 0.852 bits per heavy atom. The summed E-state index contributed by atoms with van der Waals surface area (Å²) in [5.41, 5.74) is 2.05. The quantitative estimate of drug-likeness (QED) is 0.308. The molecule has 0 aromatic heterocycles. The molecule has 0 amide bonds. The van der Waals surface area contributed by atoms with E-state index >= 15 is 0 Å². The summed E-state index contributed by atoms with van der Waals surface area (Å²) in [6.07, 6.45) is 1.13. The second-order valence-electron chi connectivity index (χ2n) is 5.78. The van der Waals surface area contributed by atoms with Crippen LogP contribution in [0.2, 0.25) is 0 Å². The topological polar surface area (TPSA) is 76.4 Å². The van der Waals surface area contributed by atoms with Crippen LogP contribution in [-0.4, -0.2) is 25.2 Å². The fourth-order valence-corrected chi connectivity index (χ4v) is 2.53. The van der Waals surface area contributed by atoms with Crippen LogP contribution in [0.3, 0.4) is 0 Å². The van der Waals surface area contributed by atoms with Gasteiger partial charge >= 0.3 is 11.9 Å². The van der Waals surface area contributed by atoms with Crippen LogP contribution in [-0.2, 0) is 19.1 Å². The van der Waals surface area contributed by atoms with Gasteiger partial charge in [-0.25, -0.2) is 4.79 Å². The molecule has 5 heteroatoms. The van der Waals surface area contributed by atoms with E-state index < -0.39 is 5.97 Å². The zero-order valence-corrected chi connectivity index (χ0v) is 15.2. The van der Waals surface area contributed by atoms with Crippen molar-refractivity contribution >= 4 is 17.5 Å². The average molecular weight is 363 g/mol. The number of hydrogen-bond acceptors (Lipinski definition) is 5. The number of ether oxygens (including phenoxy) is 2. The van der Waals surface area contributed by atoms with Crippen LogP contribution in [0.25, 0.3) is 5.57 Å². The molecule has 0 saturated carbocycles. The number of nitriles is 1. The first kappa shape index (κ1) is 19.9. The summed E-state index contributed by atoms with van der Waals surface area (Å²) >= 11 is 0. The van der Waals surface area contributed by atoms with Crippen molar-refractivity contribution in [2.45, 2.75) is 19.8 Å². The lowest BCUT2D eigenvalue weighted by molar-refractivity contribution is -0.142. The van der Waals surface area contributed by atoms with Gasteiger partial charge < -0.3 is 9.47 Å². The van der Waals surface area contributed by atoms with E-state index in [1.54, 1.807) is 0 Å². The molecule has 27 heavy (non-hydrogen) atoms. The summed E-state index contributed by atoms with van der Waals surface area (Å²) in [7, 11) is 0. The van der Waals surface area contributed by atoms with Gasteiger partial charge in [0.2, 0.25) is 0 Å². The number of rotatable bonds is 8. The summed E-state index contributed by atoms with van der Waals surface area (Å²) in [5.74, 6) is -0.996. The van der Waals surface area contributed by atoms with E-state index in [9.17, 15) is 14.9 Å². The van der Waals surface area contributed by atoms with Crippen molar-refractivity contribution in [1.82, 2.24) is 0 Å². The molecule has 138 valence electrons. The van der Waals surface area contributed by atoms with Crippen molar-refractivity contribution in [3.8, 4) is 6.07 Å². The Bertz CT molecular complexity index is 794. The minimum absolute atomic E-state index is 0.0348. The van der Waals surface area contributed by atoms with Gasteiger partial charge in [0.05, 0.1) is 13.2 Å². The number of carbonyl (C=O) groups is 2. The summed E-state index contributed by atoms with van der Waals surface area (Å²) in [6, 6.07) is 20.6. The Morgan fingerprint density at radius 3 is 1.78 bits per heavy atom. The summed E-state index contributed by atoms with van der Waals surface area (Å²) in [5, 5.41) is 9.63. The van der Waals surface area contributed by atoms with Gasteiger partial charge in [-0.15, -0.1) is 0 Å². The van der Waals surface area contributed by atoms with Gasteiger partial charge in [0.1, 0.15) is 11.6 Å². The molecule has 2 aromatic carbocycles. The zero-order chi connectivity index (χ0) is 19.5. The summed E-state index contributed by atoms with van der Waals surface area (Å²) in [4.78, 5) is 23.2. The molecule has 0 fully saturated rings. The fourth-order valence-electron chi connectivity index (χ4n) is 2.53. The second kappa shape index (κ2) is 10.6. The highest BCUT2D eigenvalue weighted by atomic mass is 16.5. The van der Waals surface area contributed by atoms with E-state index in [0.717, 1.165) is 11.1 Å². The van der Waals surface area contributed by atoms with E-state index in [4.69, 9.17) is 9.47 Å². The Balaban J connectivity index is 2.17. The molecule has 2 aromatic rings. The van der Waals surface area contributed by atoms with E-state index in [0.29, 0.717) is 18.4 Å². The molecule has 0 aliphatic rings. The van der Waals surface area contributed by atoms with Crippen LogP contribution in [0.4, 0.5) is 0 Å². The predicted octanol–water partition coefficient (Wildman–Crippen LogP) is 3.90. The lowest BCUT2D eigenvalue weighted by atomic mass is 9.93. The van der Waals surface area contributed by atoms with Crippen molar-refractivity contribution in [3.05, 3.63) is 77.4 Å². The number of hydrogen-bond donors (Lipinski definition) is 0. The maximum Gasteiger partial charge on any atom is 0.349 e. The van der Waals surface area contributed by atoms with Gasteiger partial charge in [0.25, 0.3) is 0 Å². The smallest absolute Gasteiger partial charge is 0.349 e. The molecule has 2 rings (SSSR count). The number of carbonyl (C=O) groups excluding carboxylic acids is 2. The van der Waals surface area contributed by atoms with Gasteiger partial charge in [-0.2, -0.15) is 5.26 Å². The lowest BCUT2D eigenvalue weighted by Crippen LogP contribution is -2.11. The van der Waals surface area contributed by atoms with Crippen molar-refractivity contribution in [3.63, 3.8) is 0 Å². The Hall–Kier alpha value is -3.39. The molecule has 0 heterocycles. The summed E-state index contributed by atoms with van der Waals surface area (Å²) in [6.45, 7) is 1.79. The number of esters is 2. The Labute approximate surface area is 158 Å². The van der Waals surface area contributed by atoms with E-state index in [1.807, 2.05) is 66.7 Å².